The molecule has 0 unspecified atom stereocenters. The average Bonchev–Trinajstić information content (AvgIpc) is 3.00. The van der Waals surface area contributed by atoms with E-state index in [0.717, 1.165) is 34.7 Å². The molecule has 27 heavy (non-hydrogen) atoms. The summed E-state index contributed by atoms with van der Waals surface area (Å²) < 4.78 is 1.25. The summed E-state index contributed by atoms with van der Waals surface area (Å²) in [6, 6.07) is 6.19. The van der Waals surface area contributed by atoms with Crippen molar-refractivity contribution in [3.63, 3.8) is 0 Å². The Morgan fingerprint density at radius 3 is 2.93 bits per heavy atom. The number of aromatic nitrogens is 3. The lowest BCUT2D eigenvalue weighted by Gasteiger charge is -2.34. The smallest absolute Gasteiger partial charge is 0.291 e. The third-order valence-electron chi connectivity index (χ3n) is 6.12. The summed E-state index contributed by atoms with van der Waals surface area (Å²) >= 11 is 0. The zero-order chi connectivity index (χ0) is 19.1. The molecule has 6 nitrogen and oxygen atoms in total. The number of H-pyrrole nitrogens is 1. The molecule has 2 N–H and O–H groups in total. The second kappa shape index (κ2) is 6.83. The zero-order valence-corrected chi connectivity index (χ0v) is 16.1. The van der Waals surface area contributed by atoms with Crippen molar-refractivity contribution >= 4 is 27.7 Å². The van der Waals surface area contributed by atoms with Crippen LogP contribution in [-0.4, -0.2) is 26.7 Å². The lowest BCUT2D eigenvalue weighted by Crippen LogP contribution is -2.45. The molecule has 3 atom stereocenters. The fraction of sp³-hybridized carbons (Fsp3) is 0.476. The second-order valence-corrected chi connectivity index (χ2v) is 8.01. The molecular formula is C21H26N4O2. The van der Waals surface area contributed by atoms with Crippen LogP contribution in [0.1, 0.15) is 38.7 Å². The van der Waals surface area contributed by atoms with E-state index in [1.54, 1.807) is 6.20 Å². The number of carbonyl (C=O) groups is 1. The Bertz CT molecular complexity index is 1070. The van der Waals surface area contributed by atoms with Crippen LogP contribution < -0.4 is 10.9 Å². The van der Waals surface area contributed by atoms with Gasteiger partial charge in [0.2, 0.25) is 5.91 Å². The fourth-order valence-electron chi connectivity index (χ4n) is 4.23. The summed E-state index contributed by atoms with van der Waals surface area (Å²) in [5, 5.41) is 9.14. The first-order valence-electron chi connectivity index (χ1n) is 9.71. The molecular weight excluding hydrogens is 340 g/mol. The molecule has 142 valence electrons. The number of rotatable bonds is 3. The minimum atomic E-state index is -0.262. The Morgan fingerprint density at radius 1 is 1.30 bits per heavy atom. The van der Waals surface area contributed by atoms with Crippen LogP contribution in [0.15, 0.2) is 29.2 Å². The van der Waals surface area contributed by atoms with E-state index in [0.29, 0.717) is 17.4 Å². The van der Waals surface area contributed by atoms with Gasteiger partial charge >= 0.3 is 0 Å². The molecule has 0 bridgehead atoms. The maximum absolute atomic E-state index is 12.8. The quantitative estimate of drug-likeness (QED) is 0.747. The van der Waals surface area contributed by atoms with Crippen molar-refractivity contribution in [2.24, 2.45) is 11.8 Å². The molecule has 1 aliphatic carbocycles. The Hall–Kier alpha value is -2.63. The van der Waals surface area contributed by atoms with Crippen molar-refractivity contribution in [3.05, 3.63) is 40.3 Å². The zero-order valence-electron chi connectivity index (χ0n) is 16.1. The minimum absolute atomic E-state index is 0.0548. The van der Waals surface area contributed by atoms with Crippen LogP contribution in [0.4, 0.5) is 0 Å². The van der Waals surface area contributed by atoms with E-state index in [1.807, 2.05) is 25.1 Å². The summed E-state index contributed by atoms with van der Waals surface area (Å²) in [7, 11) is 0. The summed E-state index contributed by atoms with van der Waals surface area (Å²) in [6.07, 6.45) is 5.02. The number of amides is 1. The molecule has 0 radical (unpaired) electrons. The topological polar surface area (TPSA) is 79.8 Å². The number of carbonyl (C=O) groups excluding carboxylic acids is 1. The monoisotopic (exact) mass is 366 g/mol. The molecule has 1 saturated carbocycles. The number of aromatic amines is 1. The molecule has 0 aliphatic heterocycles. The van der Waals surface area contributed by atoms with Crippen LogP contribution in [0.5, 0.6) is 0 Å². The van der Waals surface area contributed by atoms with Crippen molar-refractivity contribution in [1.29, 1.82) is 0 Å². The molecule has 3 aromatic rings. The Morgan fingerprint density at radius 2 is 2.11 bits per heavy atom. The highest BCUT2D eigenvalue weighted by Crippen LogP contribution is 2.29. The lowest BCUT2D eigenvalue weighted by molar-refractivity contribution is -0.123. The summed E-state index contributed by atoms with van der Waals surface area (Å²) in [5.74, 6) is 0.907. The van der Waals surface area contributed by atoms with Crippen molar-refractivity contribution in [3.8, 4) is 0 Å². The molecule has 1 fully saturated rings. The third-order valence-corrected chi connectivity index (χ3v) is 6.12. The standard InChI is InChI=1S/C21H26N4O2/c1-12-7-8-18-15(9-12)16-10-22-25(21(27)20(16)24-18)11-19(26)23-17-6-4-5-13(2)14(17)3/h7-10,13-14,17,24H,4-6,11H2,1-3H3,(H,23,26)/t13-,14+,17+/m1/s1. The van der Waals surface area contributed by atoms with Crippen LogP contribution >= 0.6 is 0 Å². The normalized spacial score (nSPS) is 23.0. The Kier molecular flexibility index (Phi) is 4.50. The number of fused-ring (bicyclic) bond motifs is 3. The van der Waals surface area contributed by atoms with E-state index in [-0.39, 0.29) is 24.1 Å². The Labute approximate surface area is 158 Å². The summed E-state index contributed by atoms with van der Waals surface area (Å²) in [6.45, 7) is 6.39. The molecule has 1 aliphatic rings. The van der Waals surface area contributed by atoms with Gasteiger partial charge in [0.05, 0.1) is 6.20 Å². The van der Waals surface area contributed by atoms with Crippen LogP contribution in [0, 0.1) is 18.8 Å². The predicted molar refractivity (Wildman–Crippen MR) is 107 cm³/mol. The van der Waals surface area contributed by atoms with Gasteiger partial charge in [-0.25, -0.2) is 4.68 Å². The largest absolute Gasteiger partial charge is 0.351 e. The van der Waals surface area contributed by atoms with Crippen molar-refractivity contribution in [2.45, 2.75) is 52.6 Å². The van der Waals surface area contributed by atoms with Crippen LogP contribution in [0.2, 0.25) is 0 Å². The van der Waals surface area contributed by atoms with Crippen LogP contribution in [0.3, 0.4) is 0 Å². The van der Waals surface area contributed by atoms with Crippen LogP contribution in [-0.2, 0) is 11.3 Å². The SMILES string of the molecule is Cc1ccc2[nH]c3c(=O)n(CC(=O)N[C@H]4CCC[C@@H](C)[C@@H]4C)ncc3c2c1. The maximum atomic E-state index is 12.8. The van der Waals surface area contributed by atoms with Gasteiger partial charge < -0.3 is 10.3 Å². The first kappa shape index (κ1) is 17.8. The Balaban J connectivity index is 1.59. The highest BCUT2D eigenvalue weighted by molar-refractivity contribution is 6.06. The van der Waals surface area contributed by atoms with Gasteiger partial charge in [-0.05, 0) is 37.3 Å². The predicted octanol–water partition coefficient (Wildman–Crippen LogP) is 3.13. The van der Waals surface area contributed by atoms with Crippen LogP contribution in [0.25, 0.3) is 21.8 Å². The van der Waals surface area contributed by atoms with Gasteiger partial charge in [-0.3, -0.25) is 9.59 Å². The van der Waals surface area contributed by atoms with E-state index in [1.165, 1.54) is 11.1 Å². The van der Waals surface area contributed by atoms with E-state index < -0.39 is 0 Å². The number of hydrogen-bond donors (Lipinski definition) is 2. The van der Waals surface area contributed by atoms with Gasteiger partial charge in [-0.15, -0.1) is 0 Å². The lowest BCUT2D eigenvalue weighted by atomic mass is 9.78. The van der Waals surface area contributed by atoms with Gasteiger partial charge in [-0.1, -0.05) is 38.3 Å². The van der Waals surface area contributed by atoms with Gasteiger partial charge in [0.15, 0.2) is 0 Å². The van der Waals surface area contributed by atoms with Crippen molar-refractivity contribution in [1.82, 2.24) is 20.1 Å². The molecule has 4 rings (SSSR count). The number of nitrogens with zero attached hydrogens (tertiary/aromatic N) is 2. The summed E-state index contributed by atoms with van der Waals surface area (Å²) in [5.41, 5.74) is 2.27. The number of hydrogen-bond acceptors (Lipinski definition) is 3. The molecule has 1 amide bonds. The number of aryl methyl sites for hydroxylation is 1. The third kappa shape index (κ3) is 3.24. The van der Waals surface area contributed by atoms with Crippen molar-refractivity contribution in [2.75, 3.05) is 0 Å². The van der Waals surface area contributed by atoms with E-state index in [9.17, 15) is 9.59 Å². The van der Waals surface area contributed by atoms with Gasteiger partial charge in [0, 0.05) is 22.3 Å². The number of benzene rings is 1. The highest BCUT2D eigenvalue weighted by atomic mass is 16.2. The average molecular weight is 366 g/mol. The highest BCUT2D eigenvalue weighted by Gasteiger charge is 2.28. The molecule has 0 spiro atoms. The molecule has 0 saturated heterocycles. The fourth-order valence-corrected chi connectivity index (χ4v) is 4.23. The first-order chi connectivity index (χ1) is 12.9. The van der Waals surface area contributed by atoms with E-state index >= 15 is 0 Å². The summed E-state index contributed by atoms with van der Waals surface area (Å²) in [4.78, 5) is 28.5. The van der Waals surface area contributed by atoms with Gasteiger partial charge in [0.1, 0.15) is 12.1 Å². The minimum Gasteiger partial charge on any atom is -0.351 e. The number of nitrogens with one attached hydrogen (secondary N) is 2. The first-order valence-corrected chi connectivity index (χ1v) is 9.71. The van der Waals surface area contributed by atoms with Gasteiger partial charge in [0.25, 0.3) is 5.56 Å². The van der Waals surface area contributed by atoms with Crippen molar-refractivity contribution < 1.29 is 4.79 Å². The molecule has 2 heterocycles. The molecule has 6 heteroatoms. The van der Waals surface area contributed by atoms with Gasteiger partial charge in [-0.2, -0.15) is 5.10 Å². The van der Waals surface area contributed by atoms with E-state index in [4.69, 9.17) is 0 Å². The molecule has 2 aromatic heterocycles. The van der Waals surface area contributed by atoms with E-state index in [2.05, 4.69) is 29.2 Å². The molecule has 1 aromatic carbocycles. The maximum Gasteiger partial charge on any atom is 0.291 e. The second-order valence-electron chi connectivity index (χ2n) is 8.01.